The fourth-order valence-electron chi connectivity index (χ4n) is 4.40. The maximum atomic E-state index is 13.6. The molecule has 0 spiro atoms. The molecule has 1 aromatic carbocycles. The Morgan fingerprint density at radius 2 is 1.90 bits per heavy atom. The average molecular weight is 648 g/mol. The maximum Gasteiger partial charge on any atom is 0.305 e. The molecule has 224 valence electrons. The number of hydrogen-bond donors (Lipinski definition) is 3. The van der Waals surface area contributed by atoms with Crippen molar-refractivity contribution in [2.75, 3.05) is 55.2 Å². The number of carboxylic acids is 1. The molecule has 0 unspecified atom stereocenters. The van der Waals surface area contributed by atoms with Crippen molar-refractivity contribution in [3.05, 3.63) is 58.4 Å². The molecule has 0 bridgehead atoms. The molecule has 0 atom stereocenters. The number of anilines is 2. The van der Waals surface area contributed by atoms with Gasteiger partial charge in [0.1, 0.15) is 5.70 Å². The Labute approximate surface area is 263 Å². The molecule has 0 radical (unpaired) electrons. The molecule has 1 saturated heterocycles. The van der Waals surface area contributed by atoms with Crippen molar-refractivity contribution < 1.29 is 24.5 Å². The Morgan fingerprint density at radius 1 is 1.17 bits per heavy atom. The molecular weight excluding hydrogens is 615 g/mol. The Kier molecular flexibility index (Phi) is 11.2. The van der Waals surface area contributed by atoms with E-state index in [1.807, 2.05) is 43.4 Å². The number of carbonyl (C=O) groups excluding carboxylic acids is 1. The van der Waals surface area contributed by atoms with E-state index < -0.39 is 5.97 Å². The number of aliphatic hydroxyl groups excluding tert-OH is 1. The summed E-state index contributed by atoms with van der Waals surface area (Å²) in [5.41, 5.74) is 2.99. The van der Waals surface area contributed by atoms with E-state index in [2.05, 4.69) is 22.3 Å². The van der Waals surface area contributed by atoms with Crippen molar-refractivity contribution >= 4 is 76.0 Å². The van der Waals surface area contributed by atoms with Gasteiger partial charge in [-0.2, -0.15) is 5.10 Å². The summed E-state index contributed by atoms with van der Waals surface area (Å²) < 4.78 is 5.45. The van der Waals surface area contributed by atoms with Gasteiger partial charge in [0.15, 0.2) is 10.9 Å². The van der Waals surface area contributed by atoms with Crippen LogP contribution in [0.25, 0.3) is 0 Å². The number of aliphatic hydroxyl groups is 1. The minimum absolute atomic E-state index is 0.00469. The molecule has 3 heterocycles. The quantitative estimate of drug-likeness (QED) is 0.119. The number of aryl methyl sites for hydroxylation is 1. The van der Waals surface area contributed by atoms with Gasteiger partial charge in [-0.3, -0.25) is 14.7 Å². The molecule has 1 amide bonds. The number of thioether (sulfide) groups is 3. The van der Waals surface area contributed by atoms with Crippen molar-refractivity contribution in [2.24, 2.45) is 0 Å². The highest BCUT2D eigenvalue weighted by molar-refractivity contribution is 8.04. The van der Waals surface area contributed by atoms with E-state index in [4.69, 9.17) is 22.1 Å². The largest absolute Gasteiger partial charge is 0.481 e. The number of nitrogens with one attached hydrogen (secondary N) is 1. The molecule has 2 aliphatic rings. The van der Waals surface area contributed by atoms with E-state index in [9.17, 15) is 14.7 Å². The molecule has 3 N–H and O–H groups in total. The monoisotopic (exact) mass is 647 g/mol. The summed E-state index contributed by atoms with van der Waals surface area (Å²) >= 11 is 10.6. The van der Waals surface area contributed by atoms with Crippen molar-refractivity contribution in [2.45, 2.75) is 35.0 Å². The second kappa shape index (κ2) is 14.6. The smallest absolute Gasteiger partial charge is 0.305 e. The van der Waals surface area contributed by atoms with Gasteiger partial charge in [-0.1, -0.05) is 17.8 Å². The summed E-state index contributed by atoms with van der Waals surface area (Å²) in [6.07, 6.45) is 9.74. The summed E-state index contributed by atoms with van der Waals surface area (Å²) in [6.45, 7) is 4.79. The lowest BCUT2D eigenvalue weighted by Crippen LogP contribution is -2.34. The fourth-order valence-corrected chi connectivity index (χ4v) is 7.43. The number of H-pyrrole nitrogens is 1. The molecule has 4 rings (SSSR count). The first-order chi connectivity index (χ1) is 20.2. The summed E-state index contributed by atoms with van der Waals surface area (Å²) in [7, 11) is 0. The number of fused-ring (bicyclic) bond motifs is 1. The number of rotatable bonds is 13. The summed E-state index contributed by atoms with van der Waals surface area (Å²) in [5.74, 6) is -0.737. The highest BCUT2D eigenvalue weighted by atomic mass is 32.2. The van der Waals surface area contributed by atoms with Crippen LogP contribution in [0.1, 0.15) is 19.0 Å². The number of hydrogen-bond acceptors (Lipinski definition) is 10. The first-order valence-corrected chi connectivity index (χ1v) is 16.8. The molecule has 2 aromatic rings. The van der Waals surface area contributed by atoms with Crippen LogP contribution < -0.4 is 9.80 Å². The van der Waals surface area contributed by atoms with Crippen LogP contribution in [0, 0.1) is 6.92 Å². The zero-order chi connectivity index (χ0) is 30.4. The number of ether oxygens (including phenoxy) is 1. The minimum Gasteiger partial charge on any atom is -0.481 e. The number of aromatic nitrogens is 2. The summed E-state index contributed by atoms with van der Waals surface area (Å²) in [4.78, 5) is 33.6. The number of carbonyl (C=O) groups is 2. The van der Waals surface area contributed by atoms with E-state index in [0.717, 1.165) is 31.8 Å². The molecule has 0 aliphatic carbocycles. The molecule has 0 saturated carbocycles. The summed E-state index contributed by atoms with van der Waals surface area (Å²) in [6, 6.07) is 6.04. The van der Waals surface area contributed by atoms with Gasteiger partial charge in [-0.25, -0.2) is 4.90 Å². The van der Waals surface area contributed by atoms with Crippen LogP contribution in [0.3, 0.4) is 0 Å². The predicted octanol–water partition coefficient (Wildman–Crippen LogP) is 4.86. The first-order valence-electron chi connectivity index (χ1n) is 13.1. The number of carboxylic acid groups (broad SMARTS) is 1. The van der Waals surface area contributed by atoms with Gasteiger partial charge in [-0.15, -0.1) is 23.5 Å². The third kappa shape index (κ3) is 7.24. The van der Waals surface area contributed by atoms with Crippen molar-refractivity contribution in [1.82, 2.24) is 15.1 Å². The average Bonchev–Trinajstić information content (AvgIpc) is 3.61. The number of benzene rings is 1. The Bertz CT molecular complexity index is 1450. The molecule has 14 heteroatoms. The van der Waals surface area contributed by atoms with Crippen LogP contribution in [-0.4, -0.2) is 87.7 Å². The third-order valence-electron chi connectivity index (χ3n) is 6.39. The highest BCUT2D eigenvalue weighted by Gasteiger charge is 2.40. The highest BCUT2D eigenvalue weighted by Crippen LogP contribution is 2.49. The molecule has 1 fully saturated rings. The van der Waals surface area contributed by atoms with Gasteiger partial charge >= 0.3 is 5.97 Å². The molecule has 1 aromatic heterocycles. The Morgan fingerprint density at radius 3 is 2.55 bits per heavy atom. The van der Waals surface area contributed by atoms with E-state index in [1.165, 1.54) is 9.80 Å². The van der Waals surface area contributed by atoms with Gasteiger partial charge in [0.25, 0.3) is 5.91 Å². The lowest BCUT2D eigenvalue weighted by molar-refractivity contribution is -0.136. The van der Waals surface area contributed by atoms with Crippen LogP contribution in [0.2, 0.25) is 0 Å². The SMILES string of the molecule is CSc1cc2c(cc1SC)N(CCC(=O)O)C(=CC=C(C)C=C1C(=O)N(c3cc(C)[nH]n3)C(=S)N1CCOCCO)S2. The zero-order valence-electron chi connectivity index (χ0n) is 23.7. The van der Waals surface area contributed by atoms with Crippen LogP contribution in [0.5, 0.6) is 0 Å². The number of aromatic amines is 1. The molecule has 10 nitrogen and oxygen atoms in total. The number of nitrogens with zero attached hydrogens (tertiary/aromatic N) is 4. The normalized spacial score (nSPS) is 17.4. The molecule has 2 aliphatic heterocycles. The Hall–Kier alpha value is -2.75. The second-order valence-electron chi connectivity index (χ2n) is 9.34. The van der Waals surface area contributed by atoms with E-state index >= 15 is 0 Å². The fraction of sp³-hybridized carbons (Fsp3) is 0.357. The van der Waals surface area contributed by atoms with Gasteiger partial charge in [-0.05, 0) is 68.4 Å². The number of aliphatic carboxylic acids is 1. The summed E-state index contributed by atoms with van der Waals surface area (Å²) in [5, 5.41) is 26.7. The van der Waals surface area contributed by atoms with Gasteiger partial charge in [0.05, 0.1) is 37.0 Å². The first kappa shape index (κ1) is 32.2. The van der Waals surface area contributed by atoms with Gasteiger partial charge < -0.3 is 24.7 Å². The lowest BCUT2D eigenvalue weighted by atomic mass is 10.2. The van der Waals surface area contributed by atoms with E-state index in [1.54, 1.807) is 52.3 Å². The van der Waals surface area contributed by atoms with Gasteiger partial charge in [0.2, 0.25) is 0 Å². The van der Waals surface area contributed by atoms with E-state index in [-0.39, 0.29) is 32.1 Å². The Balaban J connectivity index is 1.65. The van der Waals surface area contributed by atoms with Crippen LogP contribution >= 0.6 is 47.5 Å². The topological polar surface area (TPSA) is 122 Å². The predicted molar refractivity (Wildman–Crippen MR) is 173 cm³/mol. The molecule has 42 heavy (non-hydrogen) atoms. The van der Waals surface area contributed by atoms with Crippen LogP contribution in [0.15, 0.2) is 67.4 Å². The zero-order valence-corrected chi connectivity index (χ0v) is 27.0. The second-order valence-corrected chi connectivity index (χ2v) is 12.5. The number of amides is 1. The third-order valence-corrected chi connectivity index (χ3v) is 9.59. The van der Waals surface area contributed by atoms with Crippen molar-refractivity contribution in [1.29, 1.82) is 0 Å². The minimum atomic E-state index is -0.856. The number of allylic oxidation sites excluding steroid dienone is 4. The standard InChI is InChI=1S/C28H33N5O5S4/c1-17(5-6-25-31(8-7-26(35)36)19-15-22(40-3)23(41-4)16-21(19)42-25)13-20-27(37)33(24-14-18(2)29-30-24)28(39)32(20)9-11-38-12-10-34/h5-6,13-16,34H,7-12H2,1-4H3,(H,29,30)(H,35,36). The maximum absolute atomic E-state index is 13.6. The molecular formula is C28H33N5O5S4. The van der Waals surface area contributed by atoms with Crippen molar-refractivity contribution in [3.8, 4) is 0 Å². The van der Waals surface area contributed by atoms with Crippen LogP contribution in [0.4, 0.5) is 11.5 Å². The van der Waals surface area contributed by atoms with Crippen molar-refractivity contribution in [3.63, 3.8) is 0 Å². The number of thiocarbonyl (C=S) groups is 1. The van der Waals surface area contributed by atoms with Crippen LogP contribution in [-0.2, 0) is 14.3 Å². The van der Waals surface area contributed by atoms with E-state index in [0.29, 0.717) is 29.7 Å². The van der Waals surface area contributed by atoms with Gasteiger partial charge in [0, 0.05) is 39.5 Å². The lowest BCUT2D eigenvalue weighted by Gasteiger charge is -2.20.